The molecule has 1 unspecified atom stereocenters. The fourth-order valence-electron chi connectivity index (χ4n) is 3.06. The van der Waals surface area contributed by atoms with Crippen LogP contribution in [0.5, 0.6) is 0 Å². The van der Waals surface area contributed by atoms with Gasteiger partial charge in [-0.05, 0) is 19.2 Å². The second-order valence-electron chi connectivity index (χ2n) is 5.54. The molecule has 0 spiro atoms. The zero-order valence-electron chi connectivity index (χ0n) is 12.8. The van der Waals surface area contributed by atoms with E-state index >= 15 is 0 Å². The van der Waals surface area contributed by atoms with Gasteiger partial charge in [-0.3, -0.25) is 4.90 Å². The Morgan fingerprint density at radius 2 is 1.95 bits per heavy atom. The number of nitrogens with one attached hydrogen (secondary N) is 2. The van der Waals surface area contributed by atoms with Crippen molar-refractivity contribution in [3.8, 4) is 0 Å². The third kappa shape index (κ3) is 3.27. The first kappa shape index (κ1) is 15.3. The monoisotopic (exact) mass is 319 g/mol. The zero-order chi connectivity index (χ0) is 15.4. The third-order valence-corrected chi connectivity index (χ3v) is 4.53. The second-order valence-corrected chi connectivity index (χ2v) is 5.90. The quantitative estimate of drug-likeness (QED) is 0.886. The van der Waals surface area contributed by atoms with Crippen LogP contribution in [-0.4, -0.2) is 54.6 Å². The molecule has 1 fully saturated rings. The first-order chi connectivity index (χ1) is 10.8. The molecule has 22 heavy (non-hydrogen) atoms. The van der Waals surface area contributed by atoms with Crippen LogP contribution < -0.4 is 10.2 Å². The van der Waals surface area contributed by atoms with Gasteiger partial charge in [-0.1, -0.05) is 29.8 Å². The van der Waals surface area contributed by atoms with E-state index in [0.29, 0.717) is 5.15 Å². The summed E-state index contributed by atoms with van der Waals surface area (Å²) in [4.78, 5) is 12.2. The lowest BCUT2D eigenvalue weighted by Gasteiger charge is -2.40. The molecule has 2 aromatic rings. The van der Waals surface area contributed by atoms with Crippen molar-refractivity contribution >= 4 is 17.3 Å². The lowest BCUT2D eigenvalue weighted by molar-refractivity contribution is 0.181. The number of rotatable bonds is 5. The highest BCUT2D eigenvalue weighted by Crippen LogP contribution is 2.26. The summed E-state index contributed by atoms with van der Waals surface area (Å²) in [5.74, 6) is 0. The average molecular weight is 320 g/mol. The first-order valence-corrected chi connectivity index (χ1v) is 8.05. The van der Waals surface area contributed by atoms with E-state index in [9.17, 15) is 0 Å². The van der Waals surface area contributed by atoms with Gasteiger partial charge in [0.2, 0.25) is 0 Å². The lowest BCUT2D eigenvalue weighted by Crippen LogP contribution is -2.49. The van der Waals surface area contributed by atoms with E-state index in [1.54, 1.807) is 6.33 Å². The molecule has 1 aromatic heterocycles. The summed E-state index contributed by atoms with van der Waals surface area (Å²) >= 11 is 6.21. The standard InChI is InChI=1S/C16H22ClN5/c1-18-11-14(15-16(17)20-12-19-15)22-9-7-21(8-10-22)13-5-3-2-4-6-13/h2-6,12,14,18H,7-11H2,1H3,(H,19,20). The highest BCUT2D eigenvalue weighted by atomic mass is 35.5. The van der Waals surface area contributed by atoms with E-state index in [2.05, 4.69) is 55.4 Å². The van der Waals surface area contributed by atoms with Gasteiger partial charge < -0.3 is 15.2 Å². The average Bonchev–Trinajstić information content (AvgIpc) is 2.99. The number of anilines is 1. The molecule has 6 heteroatoms. The fraction of sp³-hybridized carbons (Fsp3) is 0.438. The highest BCUT2D eigenvalue weighted by molar-refractivity contribution is 6.30. The fourth-order valence-corrected chi connectivity index (χ4v) is 3.29. The van der Waals surface area contributed by atoms with Gasteiger partial charge in [-0.25, -0.2) is 4.98 Å². The number of hydrogen-bond acceptors (Lipinski definition) is 4. The molecule has 1 atom stereocenters. The number of aromatic nitrogens is 2. The number of benzene rings is 1. The van der Waals surface area contributed by atoms with Gasteiger partial charge in [0.05, 0.1) is 18.1 Å². The van der Waals surface area contributed by atoms with E-state index in [1.165, 1.54) is 5.69 Å². The summed E-state index contributed by atoms with van der Waals surface area (Å²) in [5.41, 5.74) is 2.30. The molecule has 2 N–H and O–H groups in total. The number of aromatic amines is 1. The summed E-state index contributed by atoms with van der Waals surface area (Å²) < 4.78 is 0. The molecule has 0 amide bonds. The van der Waals surface area contributed by atoms with Crippen LogP contribution in [0.15, 0.2) is 36.7 Å². The Morgan fingerprint density at radius 3 is 2.55 bits per heavy atom. The maximum Gasteiger partial charge on any atom is 0.151 e. The van der Waals surface area contributed by atoms with E-state index < -0.39 is 0 Å². The van der Waals surface area contributed by atoms with Crippen LogP contribution >= 0.6 is 11.6 Å². The Bertz CT molecular complexity index is 577. The van der Waals surface area contributed by atoms with Crippen LogP contribution in [0.2, 0.25) is 5.15 Å². The van der Waals surface area contributed by atoms with Crippen LogP contribution in [0.25, 0.3) is 0 Å². The second kappa shape index (κ2) is 7.13. The molecule has 0 saturated carbocycles. The predicted octanol–water partition coefficient (Wildman–Crippen LogP) is 2.15. The Labute approximate surface area is 136 Å². The SMILES string of the molecule is CNCC(c1[nH]cnc1Cl)N1CCN(c2ccccc2)CC1. The minimum atomic E-state index is 0.234. The molecule has 0 radical (unpaired) electrons. The molecule has 1 saturated heterocycles. The number of H-pyrrole nitrogens is 1. The Morgan fingerprint density at radius 1 is 1.23 bits per heavy atom. The molecular weight excluding hydrogens is 298 g/mol. The first-order valence-electron chi connectivity index (χ1n) is 7.67. The highest BCUT2D eigenvalue weighted by Gasteiger charge is 2.27. The maximum absolute atomic E-state index is 6.21. The van der Waals surface area contributed by atoms with Gasteiger partial charge >= 0.3 is 0 Å². The molecule has 1 aromatic carbocycles. The van der Waals surface area contributed by atoms with Crippen molar-refractivity contribution in [2.24, 2.45) is 0 Å². The van der Waals surface area contributed by atoms with Crippen molar-refractivity contribution in [2.45, 2.75) is 6.04 Å². The topological polar surface area (TPSA) is 47.2 Å². The van der Waals surface area contributed by atoms with Crippen molar-refractivity contribution in [3.05, 3.63) is 47.5 Å². The smallest absolute Gasteiger partial charge is 0.151 e. The van der Waals surface area contributed by atoms with E-state index in [4.69, 9.17) is 11.6 Å². The van der Waals surface area contributed by atoms with Crippen LogP contribution in [0.3, 0.4) is 0 Å². The van der Waals surface area contributed by atoms with Crippen molar-refractivity contribution in [3.63, 3.8) is 0 Å². The molecule has 1 aliphatic heterocycles. The van der Waals surface area contributed by atoms with Crippen LogP contribution in [0.1, 0.15) is 11.7 Å². The molecule has 0 bridgehead atoms. The molecule has 3 rings (SSSR count). The van der Waals surface area contributed by atoms with E-state index in [0.717, 1.165) is 38.4 Å². The Kier molecular flexibility index (Phi) is 4.97. The van der Waals surface area contributed by atoms with Gasteiger partial charge in [-0.15, -0.1) is 0 Å². The summed E-state index contributed by atoms with van der Waals surface area (Å²) in [6.07, 6.45) is 1.67. The summed E-state index contributed by atoms with van der Waals surface area (Å²) in [6.45, 7) is 4.92. The summed E-state index contributed by atoms with van der Waals surface area (Å²) in [5, 5.41) is 3.84. The number of nitrogens with zero attached hydrogens (tertiary/aromatic N) is 3. The summed E-state index contributed by atoms with van der Waals surface area (Å²) in [6, 6.07) is 10.8. The Hall–Kier alpha value is -1.56. The molecule has 2 heterocycles. The van der Waals surface area contributed by atoms with Gasteiger partial charge in [-0.2, -0.15) is 0 Å². The normalized spacial score (nSPS) is 17.6. The number of likely N-dealkylation sites (N-methyl/N-ethyl adjacent to an activating group) is 1. The number of imidazole rings is 1. The van der Waals surface area contributed by atoms with Crippen molar-refractivity contribution in [1.29, 1.82) is 0 Å². The third-order valence-electron chi connectivity index (χ3n) is 4.23. The molecular formula is C16H22ClN5. The largest absolute Gasteiger partial charge is 0.369 e. The molecule has 1 aliphatic rings. The number of para-hydroxylation sites is 1. The van der Waals surface area contributed by atoms with Crippen LogP contribution in [-0.2, 0) is 0 Å². The lowest BCUT2D eigenvalue weighted by atomic mass is 10.1. The molecule has 5 nitrogen and oxygen atoms in total. The van der Waals surface area contributed by atoms with E-state index in [1.807, 2.05) is 7.05 Å². The van der Waals surface area contributed by atoms with Gasteiger partial charge in [0, 0.05) is 38.4 Å². The van der Waals surface area contributed by atoms with Gasteiger partial charge in [0.1, 0.15) is 0 Å². The van der Waals surface area contributed by atoms with E-state index in [-0.39, 0.29) is 6.04 Å². The number of piperazine rings is 1. The van der Waals surface area contributed by atoms with Crippen LogP contribution in [0, 0.1) is 0 Å². The van der Waals surface area contributed by atoms with Crippen molar-refractivity contribution in [1.82, 2.24) is 20.2 Å². The summed E-state index contributed by atoms with van der Waals surface area (Å²) in [7, 11) is 1.97. The zero-order valence-corrected chi connectivity index (χ0v) is 13.6. The minimum absolute atomic E-state index is 0.234. The van der Waals surface area contributed by atoms with Crippen LogP contribution in [0.4, 0.5) is 5.69 Å². The number of halogens is 1. The molecule has 0 aliphatic carbocycles. The minimum Gasteiger partial charge on any atom is -0.369 e. The Balaban J connectivity index is 1.67. The number of hydrogen-bond donors (Lipinski definition) is 2. The molecule has 118 valence electrons. The van der Waals surface area contributed by atoms with Crippen molar-refractivity contribution in [2.75, 3.05) is 44.7 Å². The predicted molar refractivity (Wildman–Crippen MR) is 90.5 cm³/mol. The maximum atomic E-state index is 6.21. The van der Waals surface area contributed by atoms with Crippen molar-refractivity contribution < 1.29 is 0 Å². The van der Waals surface area contributed by atoms with Gasteiger partial charge in [0.25, 0.3) is 0 Å². The van der Waals surface area contributed by atoms with Gasteiger partial charge in [0.15, 0.2) is 5.15 Å².